The summed E-state index contributed by atoms with van der Waals surface area (Å²) in [7, 11) is 0. The zero-order chi connectivity index (χ0) is 17.1. The smallest absolute Gasteiger partial charge is 0.303 e. The van der Waals surface area contributed by atoms with E-state index in [2.05, 4.69) is 5.32 Å². The number of thiocarbonyl (C=S) groups is 1. The average Bonchev–Trinajstić information content (AvgIpc) is 2.78. The van der Waals surface area contributed by atoms with Gasteiger partial charge in [-0.2, -0.15) is 0 Å². The molecule has 9 nitrogen and oxygen atoms in total. The van der Waals surface area contributed by atoms with Crippen LogP contribution in [0, 0.1) is 0 Å². The van der Waals surface area contributed by atoms with Crippen molar-refractivity contribution in [3.63, 3.8) is 0 Å². The molecule has 2 saturated heterocycles. The summed E-state index contributed by atoms with van der Waals surface area (Å²) >= 11 is 4.92. The van der Waals surface area contributed by atoms with E-state index < -0.39 is 48.6 Å². The summed E-state index contributed by atoms with van der Waals surface area (Å²) < 4.78 is 26.3. The van der Waals surface area contributed by atoms with Crippen molar-refractivity contribution < 1.29 is 38.1 Å². The average molecular weight is 347 g/mol. The third-order valence-corrected chi connectivity index (χ3v) is 3.42. The fourth-order valence-electron chi connectivity index (χ4n) is 2.43. The predicted octanol–water partition coefficient (Wildman–Crippen LogP) is -0.589. The molecule has 0 saturated carbocycles. The molecule has 0 amide bonds. The standard InChI is InChI=1S/C13H17NO8S/c1-5(15)18-4-8-10(19-6(2)16)11(20-7(3)17)9-12(21-8)22-13(23)14-9/h8-12H,4H2,1-3H3,(H,14,23)/t8-,9-,10-,11-,12-/m1/s1. The topological polar surface area (TPSA) is 109 Å². The minimum absolute atomic E-state index is 0.0758. The van der Waals surface area contributed by atoms with E-state index in [0.29, 0.717) is 0 Å². The van der Waals surface area contributed by atoms with E-state index in [-0.39, 0.29) is 11.8 Å². The Hall–Kier alpha value is -1.94. The Morgan fingerprint density at radius 1 is 1.09 bits per heavy atom. The number of fused-ring (bicyclic) bond motifs is 1. The first-order valence-electron chi connectivity index (χ1n) is 6.88. The first kappa shape index (κ1) is 17.4. The third kappa shape index (κ3) is 4.29. The van der Waals surface area contributed by atoms with Crippen LogP contribution >= 0.6 is 12.2 Å². The third-order valence-electron chi connectivity index (χ3n) is 3.21. The summed E-state index contributed by atoms with van der Waals surface area (Å²) in [4.78, 5) is 33.8. The molecule has 0 unspecified atom stereocenters. The van der Waals surface area contributed by atoms with Crippen LogP contribution in [-0.2, 0) is 38.1 Å². The van der Waals surface area contributed by atoms with Gasteiger partial charge in [-0.05, 0) is 12.2 Å². The second kappa shape index (κ2) is 7.09. The molecule has 2 heterocycles. The van der Waals surface area contributed by atoms with Crippen molar-refractivity contribution in [2.24, 2.45) is 0 Å². The van der Waals surface area contributed by atoms with Crippen molar-refractivity contribution in [3.8, 4) is 0 Å². The molecule has 0 bridgehead atoms. The van der Waals surface area contributed by atoms with Crippen molar-refractivity contribution in [1.82, 2.24) is 5.32 Å². The maximum Gasteiger partial charge on any atom is 0.303 e. The van der Waals surface area contributed by atoms with Crippen LogP contribution in [0.2, 0.25) is 0 Å². The van der Waals surface area contributed by atoms with Gasteiger partial charge in [-0.1, -0.05) is 0 Å². The second-order valence-corrected chi connectivity index (χ2v) is 5.44. The molecular weight excluding hydrogens is 330 g/mol. The first-order valence-corrected chi connectivity index (χ1v) is 7.29. The Morgan fingerprint density at radius 2 is 1.70 bits per heavy atom. The van der Waals surface area contributed by atoms with Gasteiger partial charge in [-0.3, -0.25) is 14.4 Å². The van der Waals surface area contributed by atoms with Crippen LogP contribution in [0.25, 0.3) is 0 Å². The molecule has 10 heteroatoms. The van der Waals surface area contributed by atoms with E-state index in [0.717, 1.165) is 0 Å². The van der Waals surface area contributed by atoms with E-state index in [1.54, 1.807) is 0 Å². The van der Waals surface area contributed by atoms with Crippen molar-refractivity contribution >= 4 is 35.3 Å². The van der Waals surface area contributed by atoms with Crippen LogP contribution in [0.5, 0.6) is 0 Å². The lowest BCUT2D eigenvalue weighted by atomic mass is 9.97. The van der Waals surface area contributed by atoms with Gasteiger partial charge < -0.3 is 29.0 Å². The van der Waals surface area contributed by atoms with Crippen molar-refractivity contribution in [2.45, 2.75) is 51.4 Å². The van der Waals surface area contributed by atoms with Gasteiger partial charge in [0.1, 0.15) is 18.8 Å². The van der Waals surface area contributed by atoms with Crippen molar-refractivity contribution in [1.29, 1.82) is 0 Å². The summed E-state index contributed by atoms with van der Waals surface area (Å²) in [5.74, 6) is -1.69. The Balaban J connectivity index is 2.25. The number of hydrogen-bond acceptors (Lipinski definition) is 9. The van der Waals surface area contributed by atoms with E-state index in [9.17, 15) is 14.4 Å². The molecule has 1 N–H and O–H groups in total. The highest BCUT2D eigenvalue weighted by Crippen LogP contribution is 2.30. The molecule has 23 heavy (non-hydrogen) atoms. The van der Waals surface area contributed by atoms with Gasteiger partial charge in [-0.25, -0.2) is 0 Å². The molecule has 0 aliphatic carbocycles. The highest BCUT2D eigenvalue weighted by atomic mass is 32.1. The zero-order valence-electron chi connectivity index (χ0n) is 12.8. The molecule has 0 aromatic carbocycles. The number of ether oxygens (including phenoxy) is 5. The van der Waals surface area contributed by atoms with Crippen LogP contribution in [0.3, 0.4) is 0 Å². The highest BCUT2D eigenvalue weighted by molar-refractivity contribution is 7.80. The molecule has 0 radical (unpaired) electrons. The molecule has 2 aliphatic heterocycles. The summed E-state index contributed by atoms with van der Waals surface area (Å²) in [5.41, 5.74) is 0. The molecule has 0 aromatic heterocycles. The quantitative estimate of drug-likeness (QED) is 0.402. The molecule has 128 valence electrons. The molecule has 2 aliphatic rings. The van der Waals surface area contributed by atoms with E-state index in [1.165, 1.54) is 20.8 Å². The summed E-state index contributed by atoms with van der Waals surface area (Å²) in [6, 6.07) is -0.635. The number of hydrogen-bond donors (Lipinski definition) is 1. The van der Waals surface area contributed by atoms with E-state index >= 15 is 0 Å². The summed E-state index contributed by atoms with van der Waals surface area (Å²) in [6.45, 7) is 3.48. The van der Waals surface area contributed by atoms with Gasteiger partial charge in [0.25, 0.3) is 5.17 Å². The largest absolute Gasteiger partial charge is 0.463 e. The number of nitrogens with one attached hydrogen (secondary N) is 1. The Labute approximate surface area is 137 Å². The SMILES string of the molecule is CC(=O)OC[C@H]1O[C@@H]2OC(=S)N[C@@H]2[C@@H](OC(C)=O)[C@@H]1OC(C)=O. The van der Waals surface area contributed by atoms with Crippen LogP contribution in [0.1, 0.15) is 20.8 Å². The maximum atomic E-state index is 11.4. The molecule has 0 spiro atoms. The number of carbonyl (C=O) groups excluding carboxylic acids is 3. The number of carbonyl (C=O) groups is 3. The van der Waals surface area contributed by atoms with Gasteiger partial charge in [0, 0.05) is 20.8 Å². The lowest BCUT2D eigenvalue weighted by Gasteiger charge is -2.41. The van der Waals surface area contributed by atoms with Crippen molar-refractivity contribution in [2.75, 3.05) is 6.61 Å². The van der Waals surface area contributed by atoms with Gasteiger partial charge in [0.15, 0.2) is 12.2 Å². The monoisotopic (exact) mass is 347 g/mol. The predicted molar refractivity (Wildman–Crippen MR) is 77.0 cm³/mol. The summed E-state index contributed by atoms with van der Waals surface area (Å²) in [6.07, 6.45) is -3.60. The van der Waals surface area contributed by atoms with Crippen molar-refractivity contribution in [3.05, 3.63) is 0 Å². The molecule has 5 atom stereocenters. The Kier molecular flexibility index (Phi) is 5.37. The van der Waals surface area contributed by atoms with Gasteiger partial charge in [0.05, 0.1) is 0 Å². The second-order valence-electron chi connectivity index (χ2n) is 5.07. The summed E-state index contributed by atoms with van der Waals surface area (Å²) in [5, 5.41) is 2.88. The number of esters is 3. The van der Waals surface area contributed by atoms with Crippen LogP contribution in [0.4, 0.5) is 0 Å². The van der Waals surface area contributed by atoms with Gasteiger partial charge in [-0.15, -0.1) is 0 Å². The van der Waals surface area contributed by atoms with Crippen LogP contribution in [0.15, 0.2) is 0 Å². The van der Waals surface area contributed by atoms with E-state index in [4.69, 9.17) is 35.9 Å². The Bertz CT molecular complexity index is 524. The first-order chi connectivity index (χ1) is 10.8. The highest BCUT2D eigenvalue weighted by Gasteiger charge is 2.54. The Morgan fingerprint density at radius 3 is 2.26 bits per heavy atom. The molecule has 2 fully saturated rings. The number of rotatable bonds is 4. The fraction of sp³-hybridized carbons (Fsp3) is 0.692. The van der Waals surface area contributed by atoms with E-state index in [1.807, 2.05) is 0 Å². The molecular formula is C13H17NO8S. The zero-order valence-corrected chi connectivity index (χ0v) is 13.6. The van der Waals surface area contributed by atoms with Gasteiger partial charge in [0.2, 0.25) is 6.29 Å². The lowest BCUT2D eigenvalue weighted by molar-refractivity contribution is -0.248. The molecule has 2 rings (SSSR count). The van der Waals surface area contributed by atoms with Gasteiger partial charge >= 0.3 is 17.9 Å². The minimum Gasteiger partial charge on any atom is -0.463 e. The van der Waals surface area contributed by atoms with Crippen LogP contribution in [-0.4, -0.2) is 60.3 Å². The normalized spacial score (nSPS) is 32.1. The fourth-order valence-corrected chi connectivity index (χ4v) is 2.66. The van der Waals surface area contributed by atoms with Crippen LogP contribution < -0.4 is 5.32 Å². The lowest BCUT2D eigenvalue weighted by Crippen LogP contribution is -2.62. The minimum atomic E-state index is -0.978. The maximum absolute atomic E-state index is 11.4. The molecule has 0 aromatic rings.